The topological polar surface area (TPSA) is 78.9 Å². The van der Waals surface area contributed by atoms with E-state index in [0.717, 1.165) is 67.0 Å². The Kier molecular flexibility index (Phi) is 9.31. The molecule has 2 aliphatic rings. The molecule has 0 saturated carbocycles. The summed E-state index contributed by atoms with van der Waals surface area (Å²) in [5.41, 5.74) is 2.74. The zero-order valence-electron chi connectivity index (χ0n) is 23.4. The van der Waals surface area contributed by atoms with E-state index in [-0.39, 0.29) is 23.2 Å². The zero-order valence-corrected chi connectivity index (χ0v) is 24.2. The molecule has 0 spiro atoms. The molecule has 0 aliphatic carbocycles. The van der Waals surface area contributed by atoms with E-state index < -0.39 is 0 Å². The maximum Gasteiger partial charge on any atom is 0.310 e. The minimum absolute atomic E-state index is 0.0313. The van der Waals surface area contributed by atoms with Gasteiger partial charge in [-0.2, -0.15) is 0 Å². The molecule has 0 bridgehead atoms. The highest BCUT2D eigenvalue weighted by atomic mass is 32.2. The fourth-order valence-electron chi connectivity index (χ4n) is 4.75. The summed E-state index contributed by atoms with van der Waals surface area (Å²) in [6.45, 7) is 13.8. The lowest BCUT2D eigenvalue weighted by atomic mass is 9.92. The number of carbonyl (C=O) groups is 2. The molecule has 3 heterocycles. The number of carbonyl (C=O) groups excluding carboxylic acids is 2. The van der Waals surface area contributed by atoms with Gasteiger partial charge in [-0.1, -0.05) is 44.7 Å². The number of nitrogens with zero attached hydrogens (tertiary/aromatic N) is 5. The van der Waals surface area contributed by atoms with Crippen LogP contribution >= 0.6 is 11.8 Å². The number of hydrogen-bond donors (Lipinski definition) is 0. The molecule has 1 aromatic carbocycles. The van der Waals surface area contributed by atoms with E-state index in [0.29, 0.717) is 25.3 Å². The third-order valence-corrected chi connectivity index (χ3v) is 8.10. The molecular weight excluding hydrogens is 498 g/mol. The van der Waals surface area contributed by atoms with Crippen molar-refractivity contribution in [3.8, 4) is 0 Å². The molecular formula is C29H41N5O3S. The molecule has 9 heteroatoms. The van der Waals surface area contributed by atoms with Gasteiger partial charge in [0.1, 0.15) is 5.82 Å². The van der Waals surface area contributed by atoms with Gasteiger partial charge >= 0.3 is 5.97 Å². The Hall–Kier alpha value is -2.65. The molecule has 2 saturated heterocycles. The van der Waals surface area contributed by atoms with E-state index in [4.69, 9.17) is 14.7 Å². The quantitative estimate of drug-likeness (QED) is 0.294. The first-order valence-electron chi connectivity index (χ1n) is 13.6. The normalized spacial score (nSPS) is 18.9. The largest absolute Gasteiger partial charge is 0.466 e. The van der Waals surface area contributed by atoms with Crippen LogP contribution in [0, 0.1) is 5.92 Å². The van der Waals surface area contributed by atoms with Crippen molar-refractivity contribution < 1.29 is 14.3 Å². The first kappa shape index (κ1) is 28.4. The molecule has 1 unspecified atom stereocenters. The van der Waals surface area contributed by atoms with Crippen molar-refractivity contribution in [3.63, 3.8) is 0 Å². The molecule has 1 aromatic heterocycles. The first-order chi connectivity index (χ1) is 18.1. The molecule has 0 radical (unpaired) electrons. The Morgan fingerprint density at radius 3 is 2.42 bits per heavy atom. The number of likely N-dealkylation sites (tertiary alicyclic amines) is 1. The molecule has 38 heavy (non-hydrogen) atoms. The average molecular weight is 540 g/mol. The lowest BCUT2D eigenvalue weighted by Crippen LogP contribution is -2.45. The minimum Gasteiger partial charge on any atom is -0.466 e. The number of likely N-dealkylation sites (N-methyl/N-ethyl adjacent to an activating group) is 1. The molecule has 2 aromatic rings. The molecule has 1 amide bonds. The Balaban J connectivity index is 1.40. The predicted molar refractivity (Wildman–Crippen MR) is 152 cm³/mol. The van der Waals surface area contributed by atoms with Gasteiger partial charge in [-0.25, -0.2) is 9.97 Å². The zero-order chi connectivity index (χ0) is 27.3. The number of ether oxygens (including phenoxy) is 1. The second-order valence-electron chi connectivity index (χ2n) is 11.3. The van der Waals surface area contributed by atoms with Crippen LogP contribution in [-0.2, 0) is 20.7 Å². The van der Waals surface area contributed by atoms with Gasteiger partial charge < -0.3 is 19.4 Å². The summed E-state index contributed by atoms with van der Waals surface area (Å²) in [6, 6.07) is 9.91. The summed E-state index contributed by atoms with van der Waals surface area (Å²) in [6.07, 6.45) is 1.58. The number of esters is 1. The molecule has 206 valence electrons. The molecule has 8 nitrogen and oxygen atoms in total. The van der Waals surface area contributed by atoms with Crippen LogP contribution < -0.4 is 4.90 Å². The number of piperazine rings is 1. The van der Waals surface area contributed by atoms with Crippen LogP contribution in [0.4, 0.5) is 5.82 Å². The summed E-state index contributed by atoms with van der Waals surface area (Å²) in [5, 5.41) is 0.782. The summed E-state index contributed by atoms with van der Waals surface area (Å²) in [7, 11) is 2.16. The number of rotatable bonds is 7. The van der Waals surface area contributed by atoms with E-state index in [1.807, 2.05) is 31.2 Å². The highest BCUT2D eigenvalue weighted by Crippen LogP contribution is 2.29. The van der Waals surface area contributed by atoms with E-state index in [2.05, 4.69) is 43.7 Å². The minimum atomic E-state index is -0.233. The Morgan fingerprint density at radius 2 is 1.76 bits per heavy atom. The van der Waals surface area contributed by atoms with Gasteiger partial charge in [0.2, 0.25) is 0 Å². The van der Waals surface area contributed by atoms with Gasteiger partial charge in [-0.15, -0.1) is 0 Å². The monoisotopic (exact) mass is 539 g/mol. The number of hydrogen-bond acceptors (Lipinski definition) is 8. The number of anilines is 1. The second kappa shape index (κ2) is 12.5. The van der Waals surface area contributed by atoms with Crippen LogP contribution in [0.3, 0.4) is 0 Å². The summed E-state index contributed by atoms with van der Waals surface area (Å²) < 4.78 is 5.17. The Bertz CT molecular complexity index is 1110. The number of piperidine rings is 1. The highest BCUT2D eigenvalue weighted by molar-refractivity contribution is 7.98. The average Bonchev–Trinajstić information content (AvgIpc) is 2.92. The lowest BCUT2D eigenvalue weighted by Gasteiger charge is -2.34. The number of amides is 1. The van der Waals surface area contributed by atoms with E-state index >= 15 is 0 Å². The lowest BCUT2D eigenvalue weighted by molar-refractivity contribution is -0.149. The van der Waals surface area contributed by atoms with E-state index in [9.17, 15) is 9.59 Å². The third kappa shape index (κ3) is 7.26. The van der Waals surface area contributed by atoms with Crippen molar-refractivity contribution in [1.29, 1.82) is 0 Å². The number of benzene rings is 1. The maximum atomic E-state index is 13.1. The summed E-state index contributed by atoms with van der Waals surface area (Å²) >= 11 is 1.63. The SMILES string of the molecule is CCOC(=O)C1CCCN(C(=O)c2ccc(CSc3nc(N4CCN(C)CC4)cc(C(C)(C)C)n3)cc2)C1. The number of aromatic nitrogens is 2. The number of thioether (sulfide) groups is 1. The van der Waals surface area contributed by atoms with Gasteiger partial charge in [0.15, 0.2) is 5.16 Å². The van der Waals surface area contributed by atoms with Gasteiger partial charge in [0.05, 0.1) is 18.2 Å². The first-order valence-corrected chi connectivity index (χ1v) is 14.6. The van der Waals surface area contributed by atoms with Crippen molar-refractivity contribution in [3.05, 3.63) is 47.2 Å². The highest BCUT2D eigenvalue weighted by Gasteiger charge is 2.30. The second-order valence-corrected chi connectivity index (χ2v) is 12.2. The van der Waals surface area contributed by atoms with E-state index in [1.54, 1.807) is 16.7 Å². The standard InChI is InChI=1S/C29H41N5O3S/c1-6-37-27(36)23-8-7-13-34(19-23)26(35)22-11-9-21(10-12-22)20-38-28-30-24(29(2,3)4)18-25(31-28)33-16-14-32(5)15-17-33/h9-12,18,23H,6-8,13-17,19-20H2,1-5H3. The Labute approximate surface area is 231 Å². The van der Waals surface area contributed by atoms with Crippen LogP contribution in [0.2, 0.25) is 0 Å². The van der Waals surface area contributed by atoms with Gasteiger partial charge in [0, 0.05) is 62.1 Å². The van der Waals surface area contributed by atoms with Crippen LogP contribution in [0.1, 0.15) is 62.2 Å². The third-order valence-electron chi connectivity index (χ3n) is 7.19. The fourth-order valence-corrected chi connectivity index (χ4v) is 5.56. The smallest absolute Gasteiger partial charge is 0.310 e. The van der Waals surface area contributed by atoms with Crippen molar-refractivity contribution in [2.45, 2.75) is 56.9 Å². The van der Waals surface area contributed by atoms with Crippen LogP contribution in [-0.4, -0.2) is 84.6 Å². The molecule has 1 atom stereocenters. The van der Waals surface area contributed by atoms with Crippen molar-refractivity contribution in [2.24, 2.45) is 5.92 Å². The molecule has 4 rings (SSSR count). The summed E-state index contributed by atoms with van der Waals surface area (Å²) in [4.78, 5) is 41.5. The van der Waals surface area contributed by atoms with Gasteiger partial charge in [-0.05, 0) is 44.5 Å². The van der Waals surface area contributed by atoms with Crippen LogP contribution in [0.15, 0.2) is 35.5 Å². The van der Waals surface area contributed by atoms with Gasteiger partial charge in [0.25, 0.3) is 5.91 Å². The fraction of sp³-hybridized carbons (Fsp3) is 0.586. The molecule has 0 N–H and O–H groups in total. The van der Waals surface area contributed by atoms with Crippen LogP contribution in [0.25, 0.3) is 0 Å². The molecule has 2 fully saturated rings. The van der Waals surface area contributed by atoms with Gasteiger partial charge in [-0.3, -0.25) is 9.59 Å². The van der Waals surface area contributed by atoms with E-state index in [1.165, 1.54) is 0 Å². The predicted octanol–water partition coefficient (Wildman–Crippen LogP) is 4.23. The summed E-state index contributed by atoms with van der Waals surface area (Å²) in [5.74, 6) is 1.26. The Morgan fingerprint density at radius 1 is 1.05 bits per heavy atom. The van der Waals surface area contributed by atoms with Crippen molar-refractivity contribution >= 4 is 29.5 Å². The maximum absolute atomic E-state index is 13.1. The van der Waals surface area contributed by atoms with Crippen molar-refractivity contribution in [2.75, 3.05) is 57.8 Å². The van der Waals surface area contributed by atoms with Crippen LogP contribution in [0.5, 0.6) is 0 Å². The van der Waals surface area contributed by atoms with Crippen molar-refractivity contribution in [1.82, 2.24) is 19.8 Å². The molecule has 2 aliphatic heterocycles.